The van der Waals surface area contributed by atoms with Crippen LogP contribution >= 0.6 is 22.1 Å². The SMILES string of the molecule is Cc1ccc(P(Br)c2ccccc2)cc1. The number of benzene rings is 2. The van der Waals surface area contributed by atoms with Crippen molar-refractivity contribution in [3.05, 3.63) is 60.2 Å². The van der Waals surface area contributed by atoms with Crippen molar-refractivity contribution in [3.63, 3.8) is 0 Å². The van der Waals surface area contributed by atoms with Crippen molar-refractivity contribution in [3.8, 4) is 0 Å². The molecule has 76 valence electrons. The van der Waals surface area contributed by atoms with Crippen molar-refractivity contribution < 1.29 is 0 Å². The van der Waals surface area contributed by atoms with Gasteiger partial charge in [0.1, 0.15) is 0 Å². The van der Waals surface area contributed by atoms with Crippen LogP contribution in [0.3, 0.4) is 0 Å². The van der Waals surface area contributed by atoms with E-state index in [9.17, 15) is 0 Å². The lowest BCUT2D eigenvalue weighted by Crippen LogP contribution is -2.06. The molecule has 0 amide bonds. The molecule has 0 heterocycles. The molecule has 0 radical (unpaired) electrons. The maximum Gasteiger partial charge on any atom is 0.0265 e. The van der Waals surface area contributed by atoms with Gasteiger partial charge in [-0.05, 0) is 33.0 Å². The lowest BCUT2D eigenvalue weighted by Gasteiger charge is -2.10. The largest absolute Gasteiger partial charge is 0.0622 e. The minimum absolute atomic E-state index is 0.371. The highest BCUT2D eigenvalue weighted by molar-refractivity contribution is 9.40. The summed E-state index contributed by atoms with van der Waals surface area (Å²) in [5, 5.41) is 2.72. The van der Waals surface area contributed by atoms with Crippen LogP contribution in [0, 0.1) is 6.92 Å². The van der Waals surface area contributed by atoms with Gasteiger partial charge in [-0.25, -0.2) is 0 Å². The summed E-state index contributed by atoms with van der Waals surface area (Å²) in [6.45, 7) is 1.74. The summed E-state index contributed by atoms with van der Waals surface area (Å²) in [5.74, 6) is 0. The van der Waals surface area contributed by atoms with Crippen LogP contribution in [0.4, 0.5) is 0 Å². The Bertz CT molecular complexity index is 422. The minimum Gasteiger partial charge on any atom is -0.0622 e. The summed E-state index contributed by atoms with van der Waals surface area (Å²) in [6, 6.07) is 19.3. The molecule has 0 nitrogen and oxygen atoms in total. The second kappa shape index (κ2) is 4.92. The van der Waals surface area contributed by atoms with Crippen LogP contribution in [-0.4, -0.2) is 0 Å². The Kier molecular flexibility index (Phi) is 3.56. The van der Waals surface area contributed by atoms with Crippen molar-refractivity contribution >= 4 is 32.7 Å². The van der Waals surface area contributed by atoms with Gasteiger partial charge in [0.05, 0.1) is 0 Å². The lowest BCUT2D eigenvalue weighted by atomic mass is 10.2. The average Bonchev–Trinajstić information content (AvgIpc) is 2.30. The molecule has 2 aromatic carbocycles. The lowest BCUT2D eigenvalue weighted by molar-refractivity contribution is 1.49. The normalized spacial score (nSPS) is 12.4. The van der Waals surface area contributed by atoms with E-state index in [1.165, 1.54) is 16.2 Å². The van der Waals surface area contributed by atoms with Gasteiger partial charge in [0.15, 0.2) is 0 Å². The third kappa shape index (κ3) is 2.68. The Labute approximate surface area is 99.8 Å². The first-order valence-electron chi connectivity index (χ1n) is 4.85. The second-order valence-corrected chi connectivity index (χ2v) is 7.17. The Balaban J connectivity index is 2.29. The fourth-order valence-corrected chi connectivity index (χ4v) is 3.95. The van der Waals surface area contributed by atoms with Crippen molar-refractivity contribution in [2.45, 2.75) is 6.92 Å². The third-order valence-corrected chi connectivity index (χ3v) is 6.20. The fraction of sp³-hybridized carbons (Fsp3) is 0.0769. The Morgan fingerprint density at radius 2 is 1.33 bits per heavy atom. The Morgan fingerprint density at radius 3 is 1.93 bits per heavy atom. The summed E-state index contributed by atoms with van der Waals surface area (Å²) in [4.78, 5) is 0. The van der Waals surface area contributed by atoms with Crippen molar-refractivity contribution in [1.82, 2.24) is 0 Å². The molecule has 0 spiro atoms. The third-order valence-electron chi connectivity index (χ3n) is 2.24. The van der Waals surface area contributed by atoms with Crippen LogP contribution in [0.2, 0.25) is 0 Å². The molecule has 15 heavy (non-hydrogen) atoms. The van der Waals surface area contributed by atoms with Crippen LogP contribution < -0.4 is 10.6 Å². The van der Waals surface area contributed by atoms with E-state index in [1.54, 1.807) is 0 Å². The predicted octanol–water partition coefficient (Wildman–Crippen LogP) is 3.74. The molecule has 1 atom stereocenters. The highest BCUT2D eigenvalue weighted by Gasteiger charge is 2.08. The number of hydrogen-bond donors (Lipinski definition) is 0. The summed E-state index contributed by atoms with van der Waals surface area (Å²) in [6.07, 6.45) is 0. The molecule has 0 aliphatic heterocycles. The maximum absolute atomic E-state index is 3.78. The number of hydrogen-bond acceptors (Lipinski definition) is 0. The van der Waals surface area contributed by atoms with E-state index in [-0.39, 0.29) is 6.62 Å². The molecule has 0 aromatic heterocycles. The summed E-state index contributed by atoms with van der Waals surface area (Å²) < 4.78 is 0. The molecule has 0 bridgehead atoms. The van der Waals surface area contributed by atoms with Crippen molar-refractivity contribution in [2.24, 2.45) is 0 Å². The molecule has 0 fully saturated rings. The minimum atomic E-state index is -0.371. The summed E-state index contributed by atoms with van der Waals surface area (Å²) in [7, 11) is 0. The molecule has 0 saturated heterocycles. The first kappa shape index (κ1) is 10.9. The Morgan fingerprint density at radius 1 is 0.800 bits per heavy atom. The molecule has 1 unspecified atom stereocenters. The second-order valence-electron chi connectivity index (χ2n) is 3.45. The van der Waals surface area contributed by atoms with Crippen LogP contribution in [-0.2, 0) is 0 Å². The van der Waals surface area contributed by atoms with Gasteiger partial charge in [-0.15, -0.1) is 0 Å². The van der Waals surface area contributed by atoms with Crippen LogP contribution in [0.25, 0.3) is 0 Å². The summed E-state index contributed by atoms with van der Waals surface area (Å²) >= 11 is 3.78. The smallest absolute Gasteiger partial charge is 0.0265 e. The Hall–Kier alpha value is -0.650. The van der Waals surface area contributed by atoms with Gasteiger partial charge in [-0.1, -0.05) is 60.2 Å². The quantitative estimate of drug-likeness (QED) is 0.735. The zero-order valence-corrected chi connectivity index (χ0v) is 11.0. The zero-order valence-electron chi connectivity index (χ0n) is 8.52. The molecule has 0 aliphatic carbocycles. The van der Waals surface area contributed by atoms with Crippen LogP contribution in [0.5, 0.6) is 0 Å². The van der Waals surface area contributed by atoms with Gasteiger partial charge in [-0.2, -0.15) is 0 Å². The highest BCUT2D eigenvalue weighted by atomic mass is 79.9. The van der Waals surface area contributed by atoms with Gasteiger partial charge in [0.25, 0.3) is 0 Å². The van der Waals surface area contributed by atoms with E-state index in [0.717, 1.165) is 0 Å². The fourth-order valence-electron chi connectivity index (χ4n) is 1.38. The van der Waals surface area contributed by atoms with Gasteiger partial charge < -0.3 is 0 Å². The van der Waals surface area contributed by atoms with Crippen molar-refractivity contribution in [1.29, 1.82) is 0 Å². The number of halogens is 1. The predicted molar refractivity (Wildman–Crippen MR) is 72.7 cm³/mol. The molecular formula is C13H12BrP. The molecule has 0 N–H and O–H groups in total. The molecule has 2 heteroatoms. The van der Waals surface area contributed by atoms with Gasteiger partial charge in [0, 0.05) is 6.62 Å². The van der Waals surface area contributed by atoms with E-state index in [0.29, 0.717) is 0 Å². The van der Waals surface area contributed by atoms with Crippen molar-refractivity contribution in [2.75, 3.05) is 0 Å². The first-order chi connectivity index (χ1) is 7.27. The van der Waals surface area contributed by atoms with Crippen LogP contribution in [0.15, 0.2) is 54.6 Å². The van der Waals surface area contributed by atoms with Gasteiger partial charge in [-0.3, -0.25) is 0 Å². The molecule has 2 rings (SSSR count). The monoisotopic (exact) mass is 278 g/mol. The standard InChI is InChI=1S/C13H12BrP/c1-11-7-9-13(10-8-11)15(14)12-5-3-2-4-6-12/h2-10H,1H3. The number of rotatable bonds is 2. The van der Waals surface area contributed by atoms with E-state index < -0.39 is 0 Å². The van der Waals surface area contributed by atoms with E-state index >= 15 is 0 Å². The highest BCUT2D eigenvalue weighted by Crippen LogP contribution is 2.41. The molecular weight excluding hydrogens is 267 g/mol. The average molecular weight is 279 g/mol. The zero-order chi connectivity index (χ0) is 10.7. The topological polar surface area (TPSA) is 0 Å². The van der Waals surface area contributed by atoms with Crippen LogP contribution in [0.1, 0.15) is 5.56 Å². The maximum atomic E-state index is 3.78. The van der Waals surface area contributed by atoms with E-state index in [4.69, 9.17) is 0 Å². The molecule has 0 aliphatic rings. The molecule has 2 aromatic rings. The first-order valence-corrected chi connectivity index (χ1v) is 8.21. The molecule has 0 saturated carbocycles. The van der Waals surface area contributed by atoms with E-state index in [1.807, 2.05) is 0 Å². The van der Waals surface area contributed by atoms with E-state index in [2.05, 4.69) is 77.0 Å². The number of aryl methyl sites for hydroxylation is 1. The van der Waals surface area contributed by atoms with Gasteiger partial charge >= 0.3 is 0 Å². The van der Waals surface area contributed by atoms with Gasteiger partial charge in [0.2, 0.25) is 0 Å². The summed E-state index contributed by atoms with van der Waals surface area (Å²) in [5.41, 5.74) is 1.31.